The highest BCUT2D eigenvalue weighted by Gasteiger charge is 2.30. The normalized spacial score (nSPS) is 18.4. The first-order valence-electron chi connectivity index (χ1n) is 5.56. The quantitative estimate of drug-likeness (QED) is 0.835. The minimum absolute atomic E-state index is 0.207. The van der Waals surface area contributed by atoms with Gasteiger partial charge in [-0.15, -0.1) is 0 Å². The van der Waals surface area contributed by atoms with Crippen LogP contribution in [0.1, 0.15) is 11.1 Å². The van der Waals surface area contributed by atoms with E-state index in [0.717, 1.165) is 11.1 Å². The number of carbonyl (C=O) groups excluding carboxylic acids is 1. The summed E-state index contributed by atoms with van der Waals surface area (Å²) in [7, 11) is 0. The van der Waals surface area contributed by atoms with Crippen LogP contribution in [-0.2, 0) is 17.8 Å². The molecule has 96 valence electrons. The monoisotopic (exact) mass is 269 g/mol. The van der Waals surface area contributed by atoms with Crippen LogP contribution in [0.25, 0.3) is 0 Å². The molecule has 0 saturated carbocycles. The molecule has 18 heavy (non-hydrogen) atoms. The van der Waals surface area contributed by atoms with Gasteiger partial charge in [0.1, 0.15) is 0 Å². The minimum atomic E-state index is -1.01. The predicted molar refractivity (Wildman–Crippen MR) is 66.8 cm³/mol. The van der Waals surface area contributed by atoms with Gasteiger partial charge in [0.25, 0.3) is 5.91 Å². The molecule has 0 fully saturated rings. The number of halogens is 2. The van der Waals surface area contributed by atoms with E-state index in [9.17, 15) is 14.3 Å². The summed E-state index contributed by atoms with van der Waals surface area (Å²) in [4.78, 5) is 13.0. The van der Waals surface area contributed by atoms with Crippen LogP contribution >= 0.6 is 11.6 Å². The Kier molecular flexibility index (Phi) is 3.68. The predicted octanol–water partition coefficient (Wildman–Crippen LogP) is 2.07. The van der Waals surface area contributed by atoms with Gasteiger partial charge in [-0.05, 0) is 29.7 Å². The lowest BCUT2D eigenvalue weighted by molar-refractivity contribution is -0.133. The molecule has 0 aromatic heterocycles. The Labute approximate surface area is 109 Å². The molecule has 1 aliphatic rings. The van der Waals surface area contributed by atoms with Crippen LogP contribution in [-0.4, -0.2) is 28.6 Å². The Bertz CT molecular complexity index is 504. The lowest BCUT2D eigenvalue weighted by atomic mass is 9.94. The smallest absolute Gasteiger partial charge is 0.282 e. The second-order valence-electron chi connectivity index (χ2n) is 4.29. The topological polar surface area (TPSA) is 40.5 Å². The summed E-state index contributed by atoms with van der Waals surface area (Å²) in [5, 5.41) is 9.87. The van der Waals surface area contributed by atoms with Crippen molar-refractivity contribution in [2.75, 3.05) is 6.61 Å². The summed E-state index contributed by atoms with van der Waals surface area (Å²) in [6, 6.07) is 4.97. The highest BCUT2D eigenvalue weighted by atomic mass is 35.5. The van der Waals surface area contributed by atoms with Crippen LogP contribution in [0.3, 0.4) is 0 Å². The zero-order chi connectivity index (χ0) is 13.3. The lowest BCUT2D eigenvalue weighted by Crippen LogP contribution is -2.46. The molecule has 0 aliphatic carbocycles. The molecule has 1 aromatic rings. The number of fused-ring (bicyclic) bond motifs is 1. The fraction of sp³-hybridized carbons (Fsp3) is 0.308. The molecule has 0 saturated heterocycles. The van der Waals surface area contributed by atoms with Crippen LogP contribution in [0.4, 0.5) is 4.39 Å². The standard InChI is InChI=1S/C13H13ClFNO2/c1-8(15)13(18)16-6-10-4-11(14)3-2-9(10)5-12(16)7-17/h2-4,12,17H,1,5-7H2/t12-/m0/s1. The highest BCUT2D eigenvalue weighted by molar-refractivity contribution is 6.30. The molecular weight excluding hydrogens is 257 g/mol. The fourth-order valence-electron chi connectivity index (χ4n) is 2.17. The number of carbonyl (C=O) groups is 1. The van der Waals surface area contributed by atoms with Gasteiger partial charge in [0.2, 0.25) is 0 Å². The molecule has 5 heteroatoms. The number of rotatable bonds is 2. The number of aliphatic hydroxyl groups excluding tert-OH is 1. The van der Waals surface area contributed by atoms with Gasteiger partial charge in [-0.3, -0.25) is 4.79 Å². The second-order valence-corrected chi connectivity index (χ2v) is 4.73. The zero-order valence-electron chi connectivity index (χ0n) is 9.70. The summed E-state index contributed by atoms with van der Waals surface area (Å²) in [5.41, 5.74) is 1.90. The van der Waals surface area contributed by atoms with E-state index in [4.69, 9.17) is 11.6 Å². The van der Waals surface area contributed by atoms with Crippen LogP contribution in [0, 0.1) is 0 Å². The van der Waals surface area contributed by atoms with Crippen molar-refractivity contribution in [3.63, 3.8) is 0 Å². The fourth-order valence-corrected chi connectivity index (χ4v) is 2.37. The Morgan fingerprint density at radius 1 is 1.56 bits per heavy atom. The molecule has 1 N–H and O–H groups in total. The SMILES string of the molecule is C=C(F)C(=O)N1Cc2cc(Cl)ccc2C[C@H]1CO. The second kappa shape index (κ2) is 5.08. The summed E-state index contributed by atoms with van der Waals surface area (Å²) in [6.07, 6.45) is 0.488. The number of benzene rings is 1. The Hall–Kier alpha value is -1.39. The van der Waals surface area contributed by atoms with E-state index in [1.165, 1.54) is 4.90 Å². The molecule has 0 bridgehead atoms. The third-order valence-electron chi connectivity index (χ3n) is 3.11. The molecule has 3 nitrogen and oxygen atoms in total. The third kappa shape index (κ3) is 2.40. The van der Waals surface area contributed by atoms with E-state index in [1.807, 2.05) is 6.07 Å². The van der Waals surface area contributed by atoms with Crippen molar-refractivity contribution in [2.24, 2.45) is 0 Å². The van der Waals surface area contributed by atoms with Crippen molar-refractivity contribution in [3.8, 4) is 0 Å². The number of amides is 1. The average Bonchev–Trinajstić information content (AvgIpc) is 2.36. The van der Waals surface area contributed by atoms with E-state index in [-0.39, 0.29) is 13.2 Å². The maximum atomic E-state index is 13.0. The molecule has 1 amide bonds. The molecular formula is C13H13ClFNO2. The Balaban J connectivity index is 2.33. The number of hydrogen-bond donors (Lipinski definition) is 1. The first-order valence-corrected chi connectivity index (χ1v) is 5.94. The van der Waals surface area contributed by atoms with Crippen molar-refractivity contribution in [2.45, 2.75) is 19.0 Å². The number of aliphatic hydroxyl groups is 1. The van der Waals surface area contributed by atoms with Gasteiger partial charge in [-0.2, -0.15) is 0 Å². The summed E-state index contributed by atoms with van der Waals surface area (Å²) in [5.74, 6) is -1.79. The maximum absolute atomic E-state index is 13.0. The van der Waals surface area contributed by atoms with Crippen molar-refractivity contribution >= 4 is 17.5 Å². The molecule has 1 heterocycles. The van der Waals surface area contributed by atoms with E-state index >= 15 is 0 Å². The summed E-state index contributed by atoms with van der Waals surface area (Å²) < 4.78 is 13.0. The molecule has 1 atom stereocenters. The average molecular weight is 270 g/mol. The van der Waals surface area contributed by atoms with Gasteiger partial charge in [0, 0.05) is 11.6 Å². The summed E-state index contributed by atoms with van der Waals surface area (Å²) in [6.45, 7) is 3.04. The van der Waals surface area contributed by atoms with Gasteiger partial charge in [-0.1, -0.05) is 24.2 Å². The van der Waals surface area contributed by atoms with Crippen molar-refractivity contribution in [1.29, 1.82) is 0 Å². The number of nitrogens with zero attached hydrogens (tertiary/aromatic N) is 1. The largest absolute Gasteiger partial charge is 0.394 e. The third-order valence-corrected chi connectivity index (χ3v) is 3.34. The van der Waals surface area contributed by atoms with Gasteiger partial charge in [0.15, 0.2) is 5.83 Å². The zero-order valence-corrected chi connectivity index (χ0v) is 10.5. The van der Waals surface area contributed by atoms with E-state index in [1.54, 1.807) is 12.1 Å². The lowest BCUT2D eigenvalue weighted by Gasteiger charge is -2.35. The van der Waals surface area contributed by atoms with Gasteiger partial charge in [-0.25, -0.2) is 4.39 Å². The molecule has 0 spiro atoms. The maximum Gasteiger partial charge on any atom is 0.282 e. The van der Waals surface area contributed by atoms with Gasteiger partial charge in [0.05, 0.1) is 12.6 Å². The van der Waals surface area contributed by atoms with Crippen LogP contribution in [0.2, 0.25) is 5.02 Å². The summed E-state index contributed by atoms with van der Waals surface area (Å²) >= 11 is 5.89. The van der Waals surface area contributed by atoms with E-state index < -0.39 is 17.8 Å². The van der Waals surface area contributed by atoms with Crippen molar-refractivity contribution in [1.82, 2.24) is 4.90 Å². The molecule has 1 aromatic carbocycles. The minimum Gasteiger partial charge on any atom is -0.394 e. The Morgan fingerprint density at radius 2 is 2.28 bits per heavy atom. The first-order chi connectivity index (χ1) is 8.52. The van der Waals surface area contributed by atoms with Crippen LogP contribution in [0.15, 0.2) is 30.6 Å². The van der Waals surface area contributed by atoms with Gasteiger partial charge < -0.3 is 10.0 Å². The molecule has 0 radical (unpaired) electrons. The van der Waals surface area contributed by atoms with Crippen LogP contribution < -0.4 is 0 Å². The number of hydrogen-bond acceptors (Lipinski definition) is 2. The molecule has 2 rings (SSSR count). The molecule has 1 aliphatic heterocycles. The highest BCUT2D eigenvalue weighted by Crippen LogP contribution is 2.27. The van der Waals surface area contributed by atoms with Crippen LogP contribution in [0.5, 0.6) is 0 Å². The van der Waals surface area contributed by atoms with E-state index in [0.29, 0.717) is 11.4 Å². The molecule has 0 unspecified atom stereocenters. The van der Waals surface area contributed by atoms with Gasteiger partial charge >= 0.3 is 0 Å². The van der Waals surface area contributed by atoms with Crippen molar-refractivity contribution in [3.05, 3.63) is 46.8 Å². The van der Waals surface area contributed by atoms with Crippen molar-refractivity contribution < 1.29 is 14.3 Å². The Morgan fingerprint density at radius 3 is 2.89 bits per heavy atom. The van der Waals surface area contributed by atoms with E-state index in [2.05, 4.69) is 6.58 Å². The first kappa shape index (κ1) is 13.1.